The van der Waals surface area contributed by atoms with Crippen molar-refractivity contribution in [2.24, 2.45) is 0 Å². The summed E-state index contributed by atoms with van der Waals surface area (Å²) in [6.45, 7) is 1.93. The van der Waals surface area contributed by atoms with Crippen molar-refractivity contribution in [1.29, 1.82) is 0 Å². The molecule has 0 aliphatic rings. The fourth-order valence-corrected chi connectivity index (χ4v) is 1.22. The Morgan fingerprint density at radius 1 is 0.714 bits per heavy atom. The number of rotatable bonds is 4. The van der Waals surface area contributed by atoms with Gasteiger partial charge in [0.2, 0.25) is 0 Å². The van der Waals surface area contributed by atoms with Gasteiger partial charge in [-0.1, -0.05) is 0 Å². The van der Waals surface area contributed by atoms with E-state index in [1.807, 2.05) is 0 Å². The Morgan fingerprint density at radius 3 is 0.810 bits per heavy atom. The average molecular weight is 426 g/mol. The molecule has 108 valence electrons. The van der Waals surface area contributed by atoms with E-state index in [2.05, 4.69) is 8.62 Å². The number of aliphatic hydroxyl groups excluding tert-OH is 1. The minimum Gasteiger partial charge on any atom is -0.781 e. The summed E-state index contributed by atoms with van der Waals surface area (Å²) in [5.41, 5.74) is 0. The monoisotopic (exact) mass is 426 g/mol. The van der Waals surface area contributed by atoms with Crippen LogP contribution in [0.2, 0.25) is 0 Å². The zero-order valence-electron chi connectivity index (χ0n) is 12.2. The fourth-order valence-electron chi connectivity index (χ4n) is 0.136. The molecular formula is C2H10Na4O11P4. The molecule has 19 heteroatoms. The van der Waals surface area contributed by atoms with Gasteiger partial charge in [-0.2, -0.15) is 0 Å². The van der Waals surface area contributed by atoms with Crippen molar-refractivity contribution in [2.45, 2.75) is 6.92 Å². The predicted molar refractivity (Wildman–Crippen MR) is 50.9 cm³/mol. The third-order valence-corrected chi connectivity index (χ3v) is 3.00. The molecule has 0 radical (unpaired) electrons. The van der Waals surface area contributed by atoms with Gasteiger partial charge in [0.1, 0.15) is 33.0 Å². The Bertz CT molecular complexity index is 227. The second-order valence-electron chi connectivity index (χ2n) is 1.52. The smallest absolute Gasteiger partial charge is 0.781 e. The molecule has 0 aliphatic heterocycles. The molecule has 11 nitrogen and oxygen atoms in total. The summed E-state index contributed by atoms with van der Waals surface area (Å²) in [4.78, 5) is 37.1. The molecule has 0 spiro atoms. The van der Waals surface area contributed by atoms with E-state index < -0.39 is 33.0 Å². The maximum atomic E-state index is 9.29. The molecule has 0 fully saturated rings. The van der Waals surface area contributed by atoms with E-state index >= 15 is 0 Å². The van der Waals surface area contributed by atoms with E-state index in [1.165, 1.54) is 0 Å². The third kappa shape index (κ3) is 79.0. The van der Waals surface area contributed by atoms with Crippen LogP contribution in [0.25, 0.3) is 0 Å². The number of hydrogen-bond acceptors (Lipinski definition) is 11. The van der Waals surface area contributed by atoms with E-state index in [0.29, 0.717) is 0 Å². The van der Waals surface area contributed by atoms with Gasteiger partial charge in [-0.3, -0.25) is 8.62 Å². The zero-order chi connectivity index (χ0) is 14.4. The SMILES string of the molecule is CCO.O=[PH]([O-])O[PH](=O)[O-].O=[PH]([O-])O[PH](=O)[O-].[Na+].[Na+].[Na+].[Na+]. The van der Waals surface area contributed by atoms with Crippen LogP contribution in [0, 0.1) is 0 Å². The average Bonchev–Trinajstić information content (AvgIpc) is 1.99. The summed E-state index contributed by atoms with van der Waals surface area (Å²) in [6.07, 6.45) is 0. The molecule has 0 rings (SSSR count). The van der Waals surface area contributed by atoms with Crippen LogP contribution in [-0.4, -0.2) is 11.7 Å². The van der Waals surface area contributed by atoms with Gasteiger partial charge in [0.05, 0.1) is 0 Å². The summed E-state index contributed by atoms with van der Waals surface area (Å²) in [5.74, 6) is 0. The second-order valence-corrected chi connectivity index (χ2v) is 5.15. The van der Waals surface area contributed by atoms with Crippen molar-refractivity contribution in [3.05, 3.63) is 0 Å². The quantitative estimate of drug-likeness (QED) is 0.331. The Labute approximate surface area is 212 Å². The topological polar surface area (TPSA) is 199 Å². The van der Waals surface area contributed by atoms with Crippen LogP contribution in [0.3, 0.4) is 0 Å². The Hall–Kier alpha value is 4.64. The Morgan fingerprint density at radius 2 is 0.810 bits per heavy atom. The van der Waals surface area contributed by atoms with E-state index in [1.54, 1.807) is 6.92 Å². The first-order valence-corrected chi connectivity index (χ1v) is 8.37. The van der Waals surface area contributed by atoms with Crippen molar-refractivity contribution < 1.29 is 170 Å². The standard InChI is InChI=1S/C2H6O.4Na.2H4O5P2/c1-2-3;;;;;2*1-6(2)5-7(3)4/h3H,2H2,1H3;;;;;2*6-7H,(H,1,2)(H,3,4)/q;4*+1;;/p-4. The summed E-state index contributed by atoms with van der Waals surface area (Å²) >= 11 is 0. The van der Waals surface area contributed by atoms with Crippen LogP contribution in [0.15, 0.2) is 0 Å². The summed E-state index contributed by atoms with van der Waals surface area (Å²) in [7, 11) is -14.1. The van der Waals surface area contributed by atoms with Crippen LogP contribution >= 0.6 is 33.0 Å². The van der Waals surface area contributed by atoms with Crippen LogP contribution < -0.4 is 138 Å². The molecule has 4 atom stereocenters. The minimum atomic E-state index is -3.51. The molecule has 4 unspecified atom stereocenters. The second kappa shape index (κ2) is 35.7. The third-order valence-electron chi connectivity index (χ3n) is 0.333. The van der Waals surface area contributed by atoms with Gasteiger partial charge < -0.3 is 42.9 Å². The van der Waals surface area contributed by atoms with Gasteiger partial charge >= 0.3 is 118 Å². The number of hydrogen-bond donors (Lipinski definition) is 1. The molecule has 0 amide bonds. The summed E-state index contributed by atoms with van der Waals surface area (Å²) < 4.78 is 43.6. The largest absolute Gasteiger partial charge is 1.00 e. The number of aliphatic hydroxyl groups is 1. The first-order chi connectivity index (χ1) is 7.67. The van der Waals surface area contributed by atoms with Crippen LogP contribution in [0.1, 0.15) is 6.92 Å². The molecule has 0 aliphatic carbocycles. The van der Waals surface area contributed by atoms with Gasteiger partial charge in [-0.05, 0) is 6.92 Å². The molecule has 0 bridgehead atoms. The van der Waals surface area contributed by atoms with Crippen molar-refractivity contribution in [3.63, 3.8) is 0 Å². The Balaban J connectivity index is -0.0000000271. The van der Waals surface area contributed by atoms with Gasteiger partial charge in [-0.25, -0.2) is 0 Å². The van der Waals surface area contributed by atoms with Crippen molar-refractivity contribution >= 4 is 33.0 Å². The van der Waals surface area contributed by atoms with E-state index in [0.717, 1.165) is 0 Å². The van der Waals surface area contributed by atoms with Gasteiger partial charge in [-0.15, -0.1) is 0 Å². The van der Waals surface area contributed by atoms with Crippen molar-refractivity contribution in [2.75, 3.05) is 6.61 Å². The maximum Gasteiger partial charge on any atom is 1.00 e. The molecule has 0 aromatic carbocycles. The van der Waals surface area contributed by atoms with Crippen LogP contribution in [0.4, 0.5) is 0 Å². The molecule has 0 aromatic heterocycles. The summed E-state index contributed by atoms with van der Waals surface area (Å²) in [6, 6.07) is 0. The molecule has 1 N–H and O–H groups in total. The fraction of sp³-hybridized carbons (Fsp3) is 1.00. The first kappa shape index (κ1) is 44.8. The first-order valence-electron chi connectivity index (χ1n) is 3.47. The minimum absolute atomic E-state index is 0. The molecule has 21 heavy (non-hydrogen) atoms. The molecular weight excluding hydrogens is 416 g/mol. The molecule has 0 heterocycles. The van der Waals surface area contributed by atoms with Crippen molar-refractivity contribution in [1.82, 2.24) is 0 Å². The van der Waals surface area contributed by atoms with Gasteiger partial charge in [0.25, 0.3) is 0 Å². The van der Waals surface area contributed by atoms with E-state index in [9.17, 15) is 37.8 Å². The van der Waals surface area contributed by atoms with Crippen molar-refractivity contribution in [3.8, 4) is 0 Å². The van der Waals surface area contributed by atoms with Crippen LogP contribution in [-0.2, 0) is 26.9 Å². The van der Waals surface area contributed by atoms with Gasteiger partial charge in [0, 0.05) is 6.61 Å². The van der Waals surface area contributed by atoms with Crippen LogP contribution in [0.5, 0.6) is 0 Å². The van der Waals surface area contributed by atoms with E-state index in [-0.39, 0.29) is 125 Å². The van der Waals surface area contributed by atoms with E-state index in [4.69, 9.17) is 5.11 Å². The predicted octanol–water partition coefficient (Wildman–Crippen LogP) is -15.0. The normalized spacial score (nSPS) is 13.2. The maximum absolute atomic E-state index is 9.29. The summed E-state index contributed by atoms with van der Waals surface area (Å²) in [5, 5.41) is 7.57. The van der Waals surface area contributed by atoms with Gasteiger partial charge in [0.15, 0.2) is 0 Å². The molecule has 0 saturated carbocycles. The Kier molecular flexibility index (Phi) is 76.2. The zero-order valence-corrected chi connectivity index (χ0v) is 24.2. The molecule has 0 aromatic rings. The molecule has 0 saturated heterocycles.